The maximum Gasteiger partial charge on any atom is 0.0175 e. The molecule has 0 aliphatic heterocycles. The Bertz CT molecular complexity index is 510. The molecule has 0 heterocycles. The minimum absolute atomic E-state index is 0.858. The first kappa shape index (κ1) is 15.3. The van der Waals surface area contributed by atoms with Gasteiger partial charge in [0.25, 0.3) is 0 Å². The summed E-state index contributed by atoms with van der Waals surface area (Å²) < 4.78 is 1.13. The molecule has 0 N–H and O–H groups in total. The summed E-state index contributed by atoms with van der Waals surface area (Å²) in [5, 5.41) is 0. The van der Waals surface area contributed by atoms with Crippen LogP contribution in [0.1, 0.15) is 38.7 Å². The van der Waals surface area contributed by atoms with Gasteiger partial charge in [-0.1, -0.05) is 79.0 Å². The molecule has 1 unspecified atom stereocenters. The molecule has 20 heavy (non-hydrogen) atoms. The van der Waals surface area contributed by atoms with Gasteiger partial charge in [-0.15, -0.1) is 0 Å². The van der Waals surface area contributed by atoms with Gasteiger partial charge in [-0.2, -0.15) is 0 Å². The molecule has 2 aromatic rings. The first-order chi connectivity index (χ1) is 9.69. The van der Waals surface area contributed by atoms with Gasteiger partial charge in [0.05, 0.1) is 0 Å². The third kappa shape index (κ3) is 4.49. The molecule has 0 radical (unpaired) electrons. The lowest BCUT2D eigenvalue weighted by Crippen LogP contribution is -1.94. The van der Waals surface area contributed by atoms with Gasteiger partial charge in [-0.05, 0) is 47.6 Å². The van der Waals surface area contributed by atoms with E-state index in [4.69, 9.17) is 0 Å². The Kier molecular flexibility index (Phi) is 5.85. The standard InChI is InChI=1S/C19H23Br/c1-3-15(2)5-4-6-16-7-9-17(10-8-16)18-11-13-19(20)14-12-18/h7-15H,3-6H2,1-2H3. The molecule has 106 valence electrons. The monoisotopic (exact) mass is 330 g/mol. The van der Waals surface area contributed by atoms with E-state index < -0.39 is 0 Å². The highest BCUT2D eigenvalue weighted by atomic mass is 79.9. The first-order valence-corrected chi connectivity index (χ1v) is 8.33. The Morgan fingerprint density at radius 3 is 2.00 bits per heavy atom. The molecule has 1 atom stereocenters. The molecular formula is C19H23Br. The SMILES string of the molecule is CCC(C)CCCc1ccc(-c2ccc(Br)cc2)cc1. The van der Waals surface area contributed by atoms with Crippen LogP contribution in [0.4, 0.5) is 0 Å². The zero-order chi connectivity index (χ0) is 14.4. The third-order valence-corrected chi connectivity index (χ3v) is 4.52. The Balaban J connectivity index is 1.94. The van der Waals surface area contributed by atoms with Crippen molar-refractivity contribution >= 4 is 15.9 Å². The van der Waals surface area contributed by atoms with E-state index in [2.05, 4.69) is 78.3 Å². The summed E-state index contributed by atoms with van der Waals surface area (Å²) in [4.78, 5) is 0. The lowest BCUT2D eigenvalue weighted by atomic mass is 9.98. The van der Waals surface area contributed by atoms with Gasteiger partial charge in [-0.3, -0.25) is 0 Å². The second-order valence-corrected chi connectivity index (χ2v) is 6.53. The number of aryl methyl sites for hydroxylation is 1. The molecular weight excluding hydrogens is 308 g/mol. The summed E-state index contributed by atoms with van der Waals surface area (Å²) in [7, 11) is 0. The predicted octanol–water partition coefficient (Wildman–Crippen LogP) is 6.48. The Labute approximate surface area is 131 Å². The fourth-order valence-electron chi connectivity index (χ4n) is 2.36. The molecule has 0 spiro atoms. The number of benzene rings is 2. The van der Waals surface area contributed by atoms with Gasteiger partial charge in [0.1, 0.15) is 0 Å². The lowest BCUT2D eigenvalue weighted by Gasteiger charge is -2.08. The second kappa shape index (κ2) is 7.64. The van der Waals surface area contributed by atoms with Crippen molar-refractivity contribution in [3.05, 3.63) is 58.6 Å². The topological polar surface area (TPSA) is 0 Å². The number of hydrogen-bond donors (Lipinski definition) is 0. The van der Waals surface area contributed by atoms with Crippen molar-refractivity contribution in [1.82, 2.24) is 0 Å². The zero-order valence-electron chi connectivity index (χ0n) is 12.4. The van der Waals surface area contributed by atoms with Crippen LogP contribution >= 0.6 is 15.9 Å². The molecule has 0 bridgehead atoms. The zero-order valence-corrected chi connectivity index (χ0v) is 14.0. The van der Waals surface area contributed by atoms with Gasteiger partial charge >= 0.3 is 0 Å². The summed E-state index contributed by atoms with van der Waals surface area (Å²) in [6, 6.07) is 17.5. The number of hydrogen-bond acceptors (Lipinski definition) is 0. The molecule has 0 aliphatic rings. The smallest absolute Gasteiger partial charge is 0.0175 e. The molecule has 0 amide bonds. The summed E-state index contributed by atoms with van der Waals surface area (Å²) >= 11 is 3.48. The van der Waals surface area contributed by atoms with E-state index >= 15 is 0 Å². The predicted molar refractivity (Wildman–Crippen MR) is 92.0 cm³/mol. The highest BCUT2D eigenvalue weighted by molar-refractivity contribution is 9.10. The molecule has 2 rings (SSSR count). The van der Waals surface area contributed by atoms with Crippen molar-refractivity contribution in [1.29, 1.82) is 0 Å². The van der Waals surface area contributed by atoms with E-state index in [9.17, 15) is 0 Å². The summed E-state index contributed by atoms with van der Waals surface area (Å²) in [6.07, 6.45) is 5.13. The molecule has 1 heteroatoms. The van der Waals surface area contributed by atoms with Crippen LogP contribution in [-0.2, 0) is 6.42 Å². The molecule has 2 aromatic carbocycles. The Morgan fingerprint density at radius 1 is 0.900 bits per heavy atom. The minimum Gasteiger partial charge on any atom is -0.0651 e. The van der Waals surface area contributed by atoms with E-state index in [1.807, 2.05) is 0 Å². The molecule has 0 fully saturated rings. The Morgan fingerprint density at radius 2 is 1.45 bits per heavy atom. The highest BCUT2D eigenvalue weighted by Crippen LogP contribution is 2.22. The normalized spacial score (nSPS) is 12.3. The van der Waals surface area contributed by atoms with E-state index in [-0.39, 0.29) is 0 Å². The van der Waals surface area contributed by atoms with Crippen molar-refractivity contribution < 1.29 is 0 Å². The van der Waals surface area contributed by atoms with Crippen LogP contribution < -0.4 is 0 Å². The van der Waals surface area contributed by atoms with E-state index in [0.29, 0.717) is 0 Å². The average molecular weight is 331 g/mol. The van der Waals surface area contributed by atoms with Crippen LogP contribution in [0.25, 0.3) is 11.1 Å². The molecule has 0 saturated heterocycles. The van der Waals surface area contributed by atoms with Crippen LogP contribution in [0.5, 0.6) is 0 Å². The average Bonchev–Trinajstić information content (AvgIpc) is 2.48. The molecule has 0 aromatic heterocycles. The van der Waals surface area contributed by atoms with Crippen LogP contribution in [0.2, 0.25) is 0 Å². The van der Waals surface area contributed by atoms with Gasteiger partial charge in [0, 0.05) is 4.47 Å². The fraction of sp³-hybridized carbons (Fsp3) is 0.368. The van der Waals surface area contributed by atoms with Crippen LogP contribution in [-0.4, -0.2) is 0 Å². The van der Waals surface area contributed by atoms with Gasteiger partial charge in [0.15, 0.2) is 0 Å². The highest BCUT2D eigenvalue weighted by Gasteiger charge is 2.01. The summed E-state index contributed by atoms with van der Waals surface area (Å²) in [5.41, 5.74) is 4.02. The Hall–Kier alpha value is -1.08. The first-order valence-electron chi connectivity index (χ1n) is 7.54. The molecule has 0 nitrogen and oxygen atoms in total. The van der Waals surface area contributed by atoms with Crippen LogP contribution in [0.3, 0.4) is 0 Å². The van der Waals surface area contributed by atoms with E-state index in [1.54, 1.807) is 0 Å². The van der Waals surface area contributed by atoms with Crippen molar-refractivity contribution in [3.63, 3.8) is 0 Å². The van der Waals surface area contributed by atoms with E-state index in [1.165, 1.54) is 42.4 Å². The van der Waals surface area contributed by atoms with Gasteiger partial charge in [-0.25, -0.2) is 0 Å². The second-order valence-electron chi connectivity index (χ2n) is 5.61. The van der Waals surface area contributed by atoms with Gasteiger partial charge in [0.2, 0.25) is 0 Å². The number of halogens is 1. The summed E-state index contributed by atoms with van der Waals surface area (Å²) in [6.45, 7) is 4.62. The largest absolute Gasteiger partial charge is 0.0651 e. The van der Waals surface area contributed by atoms with Gasteiger partial charge < -0.3 is 0 Å². The third-order valence-electron chi connectivity index (χ3n) is 3.99. The van der Waals surface area contributed by atoms with Crippen LogP contribution in [0.15, 0.2) is 53.0 Å². The maximum atomic E-state index is 3.48. The van der Waals surface area contributed by atoms with Crippen molar-refractivity contribution in [3.8, 4) is 11.1 Å². The van der Waals surface area contributed by atoms with Crippen molar-refractivity contribution in [2.24, 2.45) is 5.92 Å². The van der Waals surface area contributed by atoms with E-state index in [0.717, 1.165) is 10.4 Å². The quantitative estimate of drug-likeness (QED) is 0.568. The summed E-state index contributed by atoms with van der Waals surface area (Å²) in [5.74, 6) is 0.858. The lowest BCUT2D eigenvalue weighted by molar-refractivity contribution is 0.496. The maximum absolute atomic E-state index is 3.48. The molecule has 0 aliphatic carbocycles. The fourth-order valence-corrected chi connectivity index (χ4v) is 2.63. The van der Waals surface area contributed by atoms with Crippen molar-refractivity contribution in [2.75, 3.05) is 0 Å². The van der Waals surface area contributed by atoms with Crippen LogP contribution in [0, 0.1) is 5.92 Å². The molecule has 0 saturated carbocycles. The van der Waals surface area contributed by atoms with Crippen molar-refractivity contribution in [2.45, 2.75) is 39.5 Å². The number of rotatable bonds is 6. The minimum atomic E-state index is 0.858.